The van der Waals surface area contributed by atoms with E-state index in [0.717, 1.165) is 5.56 Å². The molecular weight excluding hydrogens is 268 g/mol. The molecule has 1 aromatic rings. The van der Waals surface area contributed by atoms with Crippen LogP contribution in [0.15, 0.2) is 22.7 Å². The van der Waals surface area contributed by atoms with E-state index in [2.05, 4.69) is 21.2 Å². The topological polar surface area (TPSA) is 12.0 Å². The van der Waals surface area contributed by atoms with Crippen molar-refractivity contribution in [2.24, 2.45) is 0 Å². The first-order valence-electron chi connectivity index (χ1n) is 4.39. The van der Waals surface area contributed by atoms with Crippen LogP contribution in [0, 0.1) is 5.82 Å². The van der Waals surface area contributed by atoms with Crippen LogP contribution in [0.2, 0.25) is 0 Å². The number of nitrogens with one attached hydrogen (secondary N) is 1. The van der Waals surface area contributed by atoms with Crippen molar-refractivity contribution in [3.8, 4) is 0 Å². The summed E-state index contributed by atoms with van der Waals surface area (Å²) in [5.41, 5.74) is 0.905. The van der Waals surface area contributed by atoms with Gasteiger partial charge in [0, 0.05) is 18.5 Å². The summed E-state index contributed by atoms with van der Waals surface area (Å²) in [6.07, 6.45) is 0. The fraction of sp³-hybridized carbons (Fsp3) is 0.400. The molecule has 0 radical (unpaired) electrons. The zero-order valence-electron chi connectivity index (χ0n) is 7.86. The molecule has 0 spiro atoms. The molecule has 1 aromatic carbocycles. The summed E-state index contributed by atoms with van der Waals surface area (Å²) in [4.78, 5) is 0. The van der Waals surface area contributed by atoms with E-state index in [-0.39, 0.29) is 11.2 Å². The number of benzene rings is 1. The summed E-state index contributed by atoms with van der Waals surface area (Å²) < 4.78 is 13.6. The van der Waals surface area contributed by atoms with Crippen LogP contribution in [0.5, 0.6) is 0 Å². The van der Waals surface area contributed by atoms with Gasteiger partial charge < -0.3 is 5.32 Å². The van der Waals surface area contributed by atoms with Gasteiger partial charge in [-0.2, -0.15) is 0 Å². The molecule has 1 atom stereocenters. The van der Waals surface area contributed by atoms with Gasteiger partial charge in [-0.25, -0.2) is 4.39 Å². The highest BCUT2D eigenvalue weighted by Crippen LogP contribution is 2.19. The van der Waals surface area contributed by atoms with E-state index < -0.39 is 0 Å². The zero-order chi connectivity index (χ0) is 10.6. The molecule has 0 fully saturated rings. The van der Waals surface area contributed by atoms with E-state index in [1.807, 2.05) is 13.0 Å². The smallest absolute Gasteiger partial charge is 0.137 e. The van der Waals surface area contributed by atoms with E-state index in [1.165, 1.54) is 6.07 Å². The Kier molecular flexibility index (Phi) is 4.85. The van der Waals surface area contributed by atoms with Gasteiger partial charge in [-0.1, -0.05) is 12.1 Å². The first kappa shape index (κ1) is 12.0. The minimum absolute atomic E-state index is 0.0855. The molecule has 1 nitrogen and oxygen atoms in total. The molecule has 0 heterocycles. The quantitative estimate of drug-likeness (QED) is 0.835. The van der Waals surface area contributed by atoms with Crippen molar-refractivity contribution in [1.29, 1.82) is 0 Å². The summed E-state index contributed by atoms with van der Waals surface area (Å²) >= 11 is 8.97. The molecule has 1 N–H and O–H groups in total. The Labute approximate surface area is 96.8 Å². The number of rotatable bonds is 4. The summed E-state index contributed by atoms with van der Waals surface area (Å²) in [7, 11) is 0. The lowest BCUT2D eigenvalue weighted by atomic mass is 10.2. The molecule has 0 amide bonds. The second-order valence-corrected chi connectivity index (χ2v) is 4.66. The molecule has 0 aromatic heterocycles. The fourth-order valence-electron chi connectivity index (χ4n) is 1.09. The molecule has 4 heteroatoms. The van der Waals surface area contributed by atoms with Crippen molar-refractivity contribution in [2.45, 2.75) is 18.8 Å². The molecular formula is C10H12BrClFN. The van der Waals surface area contributed by atoms with Crippen molar-refractivity contribution in [3.63, 3.8) is 0 Å². The second kappa shape index (κ2) is 5.69. The Balaban J connectivity index is 2.54. The van der Waals surface area contributed by atoms with Gasteiger partial charge in [0.05, 0.1) is 4.47 Å². The molecule has 0 aliphatic rings. The first-order valence-corrected chi connectivity index (χ1v) is 5.62. The highest BCUT2D eigenvalue weighted by Gasteiger charge is 2.04. The molecule has 0 bridgehead atoms. The van der Waals surface area contributed by atoms with Crippen molar-refractivity contribution < 1.29 is 4.39 Å². The van der Waals surface area contributed by atoms with Crippen molar-refractivity contribution in [2.75, 3.05) is 6.54 Å². The molecule has 1 unspecified atom stereocenters. The second-order valence-electron chi connectivity index (χ2n) is 3.12. The predicted molar refractivity (Wildman–Crippen MR) is 61.1 cm³/mol. The van der Waals surface area contributed by atoms with Crippen LogP contribution in [0.25, 0.3) is 0 Å². The summed E-state index contributed by atoms with van der Waals surface area (Å²) in [5.74, 6) is -0.233. The zero-order valence-corrected chi connectivity index (χ0v) is 10.2. The molecule has 14 heavy (non-hydrogen) atoms. The Hall–Kier alpha value is -0.120. The van der Waals surface area contributed by atoms with Gasteiger partial charge in [0.15, 0.2) is 0 Å². The molecule has 1 rings (SSSR count). The first-order chi connectivity index (χ1) is 6.61. The van der Waals surface area contributed by atoms with Crippen LogP contribution >= 0.6 is 27.5 Å². The highest BCUT2D eigenvalue weighted by molar-refractivity contribution is 9.10. The van der Waals surface area contributed by atoms with E-state index in [1.54, 1.807) is 6.07 Å². The van der Waals surface area contributed by atoms with Gasteiger partial charge in [0.1, 0.15) is 5.82 Å². The monoisotopic (exact) mass is 279 g/mol. The molecule has 78 valence electrons. The van der Waals surface area contributed by atoms with Gasteiger partial charge >= 0.3 is 0 Å². The maximum Gasteiger partial charge on any atom is 0.137 e. The fourth-order valence-corrected chi connectivity index (χ4v) is 1.60. The van der Waals surface area contributed by atoms with Gasteiger partial charge in [0.2, 0.25) is 0 Å². The minimum Gasteiger partial charge on any atom is -0.311 e. The van der Waals surface area contributed by atoms with Crippen LogP contribution < -0.4 is 5.32 Å². The SMILES string of the molecule is CC(Cl)CNCc1cccc(F)c1Br. The van der Waals surface area contributed by atoms with E-state index in [0.29, 0.717) is 17.6 Å². The van der Waals surface area contributed by atoms with Crippen molar-refractivity contribution >= 4 is 27.5 Å². The highest BCUT2D eigenvalue weighted by atomic mass is 79.9. The molecule has 0 saturated heterocycles. The minimum atomic E-state index is -0.233. The maximum absolute atomic E-state index is 13.1. The third kappa shape index (κ3) is 3.56. The number of hydrogen-bond donors (Lipinski definition) is 1. The van der Waals surface area contributed by atoms with Crippen LogP contribution in [-0.2, 0) is 6.54 Å². The number of halogens is 3. The Bertz CT molecular complexity index is 304. The predicted octanol–water partition coefficient (Wildman–Crippen LogP) is 3.31. The van der Waals surface area contributed by atoms with Gasteiger partial charge in [-0.3, -0.25) is 0 Å². The van der Waals surface area contributed by atoms with Crippen LogP contribution in [0.3, 0.4) is 0 Å². The molecule has 0 aliphatic heterocycles. The average molecular weight is 281 g/mol. The average Bonchev–Trinajstić information content (AvgIpc) is 2.12. The van der Waals surface area contributed by atoms with Crippen molar-refractivity contribution in [1.82, 2.24) is 5.32 Å². The normalized spacial score (nSPS) is 12.9. The third-order valence-corrected chi connectivity index (χ3v) is 2.82. The lowest BCUT2D eigenvalue weighted by Gasteiger charge is -2.08. The van der Waals surface area contributed by atoms with E-state index >= 15 is 0 Å². The lowest BCUT2D eigenvalue weighted by Crippen LogP contribution is -2.21. The Morgan fingerprint density at radius 2 is 2.29 bits per heavy atom. The number of alkyl halides is 1. The van der Waals surface area contributed by atoms with Gasteiger partial charge in [-0.05, 0) is 34.5 Å². The number of hydrogen-bond acceptors (Lipinski definition) is 1. The van der Waals surface area contributed by atoms with Crippen LogP contribution in [-0.4, -0.2) is 11.9 Å². The summed E-state index contributed by atoms with van der Waals surface area (Å²) in [5, 5.41) is 3.23. The van der Waals surface area contributed by atoms with Gasteiger partial charge in [0.25, 0.3) is 0 Å². The third-order valence-electron chi connectivity index (χ3n) is 1.77. The maximum atomic E-state index is 13.1. The van der Waals surface area contributed by atoms with E-state index in [9.17, 15) is 4.39 Å². The van der Waals surface area contributed by atoms with Crippen LogP contribution in [0.4, 0.5) is 4.39 Å². The molecule has 0 saturated carbocycles. The van der Waals surface area contributed by atoms with Crippen LogP contribution in [0.1, 0.15) is 12.5 Å². The van der Waals surface area contributed by atoms with Gasteiger partial charge in [-0.15, -0.1) is 11.6 Å². The Morgan fingerprint density at radius 1 is 1.57 bits per heavy atom. The lowest BCUT2D eigenvalue weighted by molar-refractivity contribution is 0.612. The summed E-state index contributed by atoms with van der Waals surface area (Å²) in [6.45, 7) is 3.25. The van der Waals surface area contributed by atoms with Crippen molar-refractivity contribution in [3.05, 3.63) is 34.1 Å². The molecule has 0 aliphatic carbocycles. The Morgan fingerprint density at radius 3 is 2.93 bits per heavy atom. The standard InChI is InChI=1S/C10H12BrClFN/c1-7(12)5-14-6-8-3-2-4-9(13)10(8)11/h2-4,7,14H,5-6H2,1H3. The largest absolute Gasteiger partial charge is 0.311 e. The van der Waals surface area contributed by atoms with E-state index in [4.69, 9.17) is 11.6 Å². The summed E-state index contributed by atoms with van der Waals surface area (Å²) in [6, 6.07) is 5.00.